The van der Waals surface area contributed by atoms with Crippen LogP contribution in [0.1, 0.15) is 6.92 Å². The van der Waals surface area contributed by atoms with Crippen LogP contribution in [0.2, 0.25) is 0 Å². The van der Waals surface area contributed by atoms with Crippen molar-refractivity contribution in [3.8, 4) is 18.1 Å². The highest BCUT2D eigenvalue weighted by Crippen LogP contribution is 2.18. The van der Waals surface area contributed by atoms with Crippen molar-refractivity contribution >= 4 is 27.7 Å². The second kappa shape index (κ2) is 8.23. The molecule has 1 aromatic rings. The van der Waals surface area contributed by atoms with Gasteiger partial charge in [0, 0.05) is 4.47 Å². The van der Waals surface area contributed by atoms with E-state index in [9.17, 15) is 9.59 Å². The molecule has 0 aliphatic heterocycles. The van der Waals surface area contributed by atoms with Gasteiger partial charge in [-0.2, -0.15) is 0 Å². The molecule has 0 saturated carbocycles. The second-order valence-corrected chi connectivity index (χ2v) is 4.83. The Morgan fingerprint density at radius 2 is 2.20 bits per heavy atom. The minimum atomic E-state index is -0.704. The molecule has 0 aromatic heterocycles. The topological polar surface area (TPSA) is 67.4 Å². The average Bonchev–Trinajstić information content (AvgIpc) is 2.42. The van der Waals surface area contributed by atoms with E-state index in [-0.39, 0.29) is 24.9 Å². The molecule has 2 N–H and O–H groups in total. The molecule has 1 aromatic carbocycles. The maximum absolute atomic E-state index is 11.7. The number of benzene rings is 1. The summed E-state index contributed by atoms with van der Waals surface area (Å²) in [6, 6.07) is 7.16. The molecule has 0 fully saturated rings. The third kappa shape index (κ3) is 5.76. The van der Waals surface area contributed by atoms with Crippen molar-refractivity contribution in [3.63, 3.8) is 0 Å². The summed E-state index contributed by atoms with van der Waals surface area (Å²) in [4.78, 5) is 23.0. The second-order valence-electron chi connectivity index (χ2n) is 3.92. The predicted molar refractivity (Wildman–Crippen MR) is 79.1 cm³/mol. The highest BCUT2D eigenvalue weighted by Gasteiger charge is 2.15. The number of ether oxygens (including phenoxy) is 1. The fourth-order valence-corrected chi connectivity index (χ4v) is 1.70. The first-order valence-electron chi connectivity index (χ1n) is 5.93. The Morgan fingerprint density at radius 3 is 2.85 bits per heavy atom. The van der Waals surface area contributed by atoms with E-state index in [1.165, 1.54) is 0 Å². The Balaban J connectivity index is 2.40. The van der Waals surface area contributed by atoms with Gasteiger partial charge in [0.1, 0.15) is 5.75 Å². The molecule has 20 heavy (non-hydrogen) atoms. The highest BCUT2D eigenvalue weighted by atomic mass is 79.9. The number of terminal acetylenes is 1. The number of amides is 2. The number of carbonyl (C=O) groups is 2. The monoisotopic (exact) mass is 338 g/mol. The fourth-order valence-electron chi connectivity index (χ4n) is 1.32. The number of rotatable bonds is 6. The van der Waals surface area contributed by atoms with E-state index in [4.69, 9.17) is 11.2 Å². The van der Waals surface area contributed by atoms with E-state index in [0.29, 0.717) is 5.75 Å². The van der Waals surface area contributed by atoms with Gasteiger partial charge in [0.15, 0.2) is 6.10 Å². The zero-order valence-corrected chi connectivity index (χ0v) is 12.6. The number of hydrogen-bond donors (Lipinski definition) is 2. The zero-order chi connectivity index (χ0) is 15.0. The molecule has 106 valence electrons. The van der Waals surface area contributed by atoms with Crippen LogP contribution in [0.5, 0.6) is 5.75 Å². The molecule has 0 spiro atoms. The van der Waals surface area contributed by atoms with Gasteiger partial charge in [-0.25, -0.2) is 0 Å². The van der Waals surface area contributed by atoms with Crippen LogP contribution >= 0.6 is 15.9 Å². The zero-order valence-electron chi connectivity index (χ0n) is 11.0. The van der Waals surface area contributed by atoms with Gasteiger partial charge in [-0.05, 0) is 25.1 Å². The quantitative estimate of drug-likeness (QED) is 0.763. The molecule has 0 unspecified atom stereocenters. The molecule has 0 aliphatic carbocycles. The van der Waals surface area contributed by atoms with Gasteiger partial charge in [0.2, 0.25) is 5.91 Å². The molecule has 2 amide bonds. The normalized spacial score (nSPS) is 11.1. The van der Waals surface area contributed by atoms with Crippen molar-refractivity contribution in [2.75, 3.05) is 13.1 Å². The minimum absolute atomic E-state index is 0.132. The van der Waals surface area contributed by atoms with Crippen molar-refractivity contribution in [1.82, 2.24) is 10.6 Å². The van der Waals surface area contributed by atoms with Gasteiger partial charge in [0.05, 0.1) is 13.1 Å². The smallest absolute Gasteiger partial charge is 0.261 e. The summed E-state index contributed by atoms with van der Waals surface area (Å²) in [5.74, 6) is 2.13. The number of halogens is 1. The SMILES string of the molecule is C#CCNC(=O)CNC(=O)[C@H](C)Oc1cccc(Br)c1. The molecule has 5 nitrogen and oxygen atoms in total. The Labute approximate surface area is 126 Å². The third-order valence-corrected chi connectivity index (χ3v) is 2.78. The van der Waals surface area contributed by atoms with Crippen molar-refractivity contribution in [1.29, 1.82) is 0 Å². The van der Waals surface area contributed by atoms with Crippen molar-refractivity contribution in [2.45, 2.75) is 13.0 Å². The van der Waals surface area contributed by atoms with E-state index in [1.54, 1.807) is 25.1 Å². The summed E-state index contributed by atoms with van der Waals surface area (Å²) in [6.07, 6.45) is 4.30. The van der Waals surface area contributed by atoms with Crippen LogP contribution in [0, 0.1) is 12.3 Å². The Morgan fingerprint density at radius 1 is 1.45 bits per heavy atom. The molecule has 1 atom stereocenters. The van der Waals surface area contributed by atoms with Gasteiger partial charge in [-0.1, -0.05) is 27.9 Å². The Hall–Kier alpha value is -2.00. The van der Waals surface area contributed by atoms with Gasteiger partial charge in [-0.15, -0.1) is 6.42 Å². The maximum Gasteiger partial charge on any atom is 0.261 e. The summed E-state index contributed by atoms with van der Waals surface area (Å²) in [5, 5.41) is 4.92. The van der Waals surface area contributed by atoms with Crippen molar-refractivity contribution in [3.05, 3.63) is 28.7 Å². The largest absolute Gasteiger partial charge is 0.481 e. The van der Waals surface area contributed by atoms with Crippen LogP contribution in [0.4, 0.5) is 0 Å². The van der Waals surface area contributed by atoms with Gasteiger partial charge >= 0.3 is 0 Å². The first kappa shape index (κ1) is 16.1. The first-order valence-corrected chi connectivity index (χ1v) is 6.72. The summed E-state index contributed by atoms with van der Waals surface area (Å²) in [6.45, 7) is 1.61. The Kier molecular flexibility index (Phi) is 6.60. The van der Waals surface area contributed by atoms with Crippen LogP contribution < -0.4 is 15.4 Å². The van der Waals surface area contributed by atoms with Crippen molar-refractivity contribution in [2.24, 2.45) is 0 Å². The molecule has 1 rings (SSSR count). The number of hydrogen-bond acceptors (Lipinski definition) is 3. The summed E-state index contributed by atoms with van der Waals surface area (Å²) in [7, 11) is 0. The number of carbonyl (C=O) groups excluding carboxylic acids is 2. The highest BCUT2D eigenvalue weighted by molar-refractivity contribution is 9.10. The molecular formula is C14H15BrN2O3. The van der Waals surface area contributed by atoms with Crippen LogP contribution in [-0.2, 0) is 9.59 Å². The van der Waals surface area contributed by atoms with E-state index in [2.05, 4.69) is 32.5 Å². The lowest BCUT2D eigenvalue weighted by Crippen LogP contribution is -2.42. The standard InChI is InChI=1S/C14H15BrN2O3/c1-3-7-16-13(18)9-17-14(19)10(2)20-12-6-4-5-11(15)8-12/h1,4-6,8,10H,7,9H2,2H3,(H,16,18)(H,17,19)/t10-/m0/s1. The average molecular weight is 339 g/mol. The molecule has 6 heteroatoms. The molecule has 0 heterocycles. The predicted octanol–water partition coefficient (Wildman–Crippen LogP) is 1.08. The molecule has 0 bridgehead atoms. The number of nitrogens with one attached hydrogen (secondary N) is 2. The summed E-state index contributed by atoms with van der Waals surface area (Å²) >= 11 is 3.31. The van der Waals surface area contributed by atoms with Crippen LogP contribution in [0.15, 0.2) is 28.7 Å². The molecular weight excluding hydrogens is 324 g/mol. The van der Waals surface area contributed by atoms with E-state index in [0.717, 1.165) is 4.47 Å². The summed E-state index contributed by atoms with van der Waals surface area (Å²) < 4.78 is 6.32. The van der Waals surface area contributed by atoms with Gasteiger partial charge in [-0.3, -0.25) is 9.59 Å². The van der Waals surface area contributed by atoms with Crippen molar-refractivity contribution < 1.29 is 14.3 Å². The third-order valence-electron chi connectivity index (χ3n) is 2.29. The Bertz CT molecular complexity index is 525. The van der Waals surface area contributed by atoms with E-state index in [1.807, 2.05) is 6.07 Å². The fraction of sp³-hybridized carbons (Fsp3) is 0.286. The lowest BCUT2D eigenvalue weighted by atomic mass is 10.3. The summed E-state index contributed by atoms with van der Waals surface area (Å²) in [5.41, 5.74) is 0. The minimum Gasteiger partial charge on any atom is -0.481 e. The van der Waals surface area contributed by atoms with Gasteiger partial charge < -0.3 is 15.4 Å². The van der Waals surface area contributed by atoms with Crippen LogP contribution in [0.3, 0.4) is 0 Å². The molecule has 0 aliphatic rings. The van der Waals surface area contributed by atoms with E-state index >= 15 is 0 Å². The van der Waals surface area contributed by atoms with E-state index < -0.39 is 6.10 Å². The molecule has 0 radical (unpaired) electrons. The molecule has 0 saturated heterocycles. The lowest BCUT2D eigenvalue weighted by molar-refractivity contribution is -0.130. The van der Waals surface area contributed by atoms with Crippen LogP contribution in [0.25, 0.3) is 0 Å². The maximum atomic E-state index is 11.7. The first-order chi connectivity index (χ1) is 9.52. The van der Waals surface area contributed by atoms with Crippen LogP contribution in [-0.4, -0.2) is 31.0 Å². The lowest BCUT2D eigenvalue weighted by Gasteiger charge is -2.14. The van der Waals surface area contributed by atoms with Gasteiger partial charge in [0.25, 0.3) is 5.91 Å².